The van der Waals surface area contributed by atoms with Crippen LogP contribution in [0.15, 0.2) is 0 Å². The maximum absolute atomic E-state index is 11.6. The highest BCUT2D eigenvalue weighted by atomic mass is 16.5. The maximum atomic E-state index is 11.6. The highest BCUT2D eigenvalue weighted by Gasteiger charge is 2.24. The summed E-state index contributed by atoms with van der Waals surface area (Å²) >= 11 is 0. The first-order chi connectivity index (χ1) is 7.80. The number of nitrogens with two attached hydrogens (primary N) is 1. The van der Waals surface area contributed by atoms with Crippen LogP contribution in [-0.4, -0.2) is 43.3 Å². The molecule has 0 aromatic heterocycles. The third kappa shape index (κ3) is 7.70. The van der Waals surface area contributed by atoms with Gasteiger partial charge in [-0.05, 0) is 27.7 Å². The number of ether oxygens (including phenoxy) is 2. The van der Waals surface area contributed by atoms with E-state index in [1.165, 1.54) is 0 Å². The van der Waals surface area contributed by atoms with Gasteiger partial charge in [0.2, 0.25) is 5.91 Å². The molecule has 0 aromatic carbocycles. The molecule has 17 heavy (non-hydrogen) atoms. The van der Waals surface area contributed by atoms with E-state index in [1.807, 2.05) is 20.8 Å². The lowest BCUT2D eigenvalue weighted by Crippen LogP contribution is -2.48. The monoisotopic (exact) mass is 246 g/mol. The van der Waals surface area contributed by atoms with Crippen LogP contribution in [0.5, 0.6) is 0 Å². The molecule has 1 atom stereocenters. The second-order valence-electron chi connectivity index (χ2n) is 4.50. The summed E-state index contributed by atoms with van der Waals surface area (Å²) in [6.07, 6.45) is 0. The topological polar surface area (TPSA) is 90.6 Å². The molecule has 0 unspecified atom stereocenters. The molecular formula is C11H22N2O4. The van der Waals surface area contributed by atoms with Crippen LogP contribution < -0.4 is 11.1 Å². The summed E-state index contributed by atoms with van der Waals surface area (Å²) in [4.78, 5) is 22.7. The normalized spacial score (nSPS) is 13.0. The first kappa shape index (κ1) is 15.9. The van der Waals surface area contributed by atoms with E-state index in [2.05, 4.69) is 5.32 Å². The van der Waals surface area contributed by atoms with Crippen molar-refractivity contribution in [3.05, 3.63) is 0 Å². The molecule has 0 bridgehead atoms. The number of hydrogen-bond donors (Lipinski definition) is 2. The van der Waals surface area contributed by atoms with Crippen LogP contribution in [-0.2, 0) is 19.1 Å². The molecule has 0 radical (unpaired) electrons. The van der Waals surface area contributed by atoms with Crippen molar-refractivity contribution in [2.45, 2.75) is 39.3 Å². The van der Waals surface area contributed by atoms with Gasteiger partial charge in [-0.2, -0.15) is 0 Å². The molecule has 0 saturated heterocycles. The molecule has 0 aromatic rings. The summed E-state index contributed by atoms with van der Waals surface area (Å²) in [5.41, 5.74) is 4.78. The lowest BCUT2D eigenvalue weighted by Gasteiger charge is -2.24. The van der Waals surface area contributed by atoms with Gasteiger partial charge in [0.1, 0.15) is 0 Å². The van der Waals surface area contributed by atoms with Gasteiger partial charge >= 0.3 is 5.97 Å². The van der Waals surface area contributed by atoms with Gasteiger partial charge in [-0.3, -0.25) is 4.79 Å². The van der Waals surface area contributed by atoms with E-state index in [0.29, 0.717) is 0 Å². The third-order valence-corrected chi connectivity index (χ3v) is 1.77. The average Bonchev–Trinajstić information content (AvgIpc) is 2.22. The fraction of sp³-hybridized carbons (Fsp3) is 0.818. The zero-order chi connectivity index (χ0) is 13.5. The van der Waals surface area contributed by atoms with Gasteiger partial charge in [0.25, 0.3) is 0 Å². The van der Waals surface area contributed by atoms with Gasteiger partial charge < -0.3 is 20.5 Å². The van der Waals surface area contributed by atoms with Gasteiger partial charge in [-0.25, -0.2) is 4.79 Å². The molecule has 0 aliphatic heterocycles. The van der Waals surface area contributed by atoms with Crippen LogP contribution in [0.2, 0.25) is 0 Å². The van der Waals surface area contributed by atoms with E-state index < -0.39 is 23.5 Å². The molecule has 1 amide bonds. The van der Waals surface area contributed by atoms with Crippen molar-refractivity contribution >= 4 is 11.9 Å². The SMILES string of the molecule is CCOC(=O)[C@H](COC(C)(C)C)NC(=O)CN. The molecule has 0 aliphatic carbocycles. The van der Waals surface area contributed by atoms with Crippen molar-refractivity contribution in [3.8, 4) is 0 Å². The number of carbonyl (C=O) groups excluding carboxylic acids is 2. The minimum absolute atomic E-state index is 0.0636. The van der Waals surface area contributed by atoms with Crippen LogP contribution in [0.4, 0.5) is 0 Å². The number of carbonyl (C=O) groups is 2. The molecule has 3 N–H and O–H groups in total. The van der Waals surface area contributed by atoms with E-state index in [9.17, 15) is 9.59 Å². The molecule has 6 heteroatoms. The van der Waals surface area contributed by atoms with Gasteiger partial charge in [-0.1, -0.05) is 0 Å². The van der Waals surface area contributed by atoms with Gasteiger partial charge in [0.15, 0.2) is 6.04 Å². The quantitative estimate of drug-likeness (QED) is 0.634. The summed E-state index contributed by atoms with van der Waals surface area (Å²) in [6, 6.07) is -0.815. The van der Waals surface area contributed by atoms with Crippen LogP contribution in [0.1, 0.15) is 27.7 Å². The minimum Gasteiger partial charge on any atom is -0.464 e. The predicted octanol–water partition coefficient (Wildman–Crippen LogP) is -0.192. The standard InChI is InChI=1S/C11H22N2O4/c1-5-16-10(15)8(13-9(14)6-12)7-17-11(2,3)4/h8H,5-7,12H2,1-4H3,(H,13,14)/t8-/m0/s1. The number of nitrogens with one attached hydrogen (secondary N) is 1. The Labute approximate surface area is 102 Å². The largest absolute Gasteiger partial charge is 0.464 e. The summed E-state index contributed by atoms with van der Waals surface area (Å²) in [5.74, 6) is -0.931. The van der Waals surface area contributed by atoms with Gasteiger partial charge in [0, 0.05) is 0 Å². The van der Waals surface area contributed by atoms with Crippen LogP contribution in [0.25, 0.3) is 0 Å². The molecule has 0 fully saturated rings. The lowest BCUT2D eigenvalue weighted by molar-refractivity contribution is -0.150. The Morgan fingerprint density at radius 1 is 1.35 bits per heavy atom. The fourth-order valence-electron chi connectivity index (χ4n) is 0.998. The molecule has 0 aliphatic rings. The van der Waals surface area contributed by atoms with Crippen molar-refractivity contribution in [3.63, 3.8) is 0 Å². The van der Waals surface area contributed by atoms with Crippen molar-refractivity contribution in [2.75, 3.05) is 19.8 Å². The van der Waals surface area contributed by atoms with Crippen molar-refractivity contribution in [1.82, 2.24) is 5.32 Å². The van der Waals surface area contributed by atoms with Crippen molar-refractivity contribution in [1.29, 1.82) is 0 Å². The number of rotatable bonds is 6. The second kappa shape index (κ2) is 7.24. The Morgan fingerprint density at radius 3 is 2.35 bits per heavy atom. The van der Waals surface area contributed by atoms with Crippen LogP contribution in [0.3, 0.4) is 0 Å². The molecule has 0 heterocycles. The Hall–Kier alpha value is -1.14. The minimum atomic E-state index is -0.815. The highest BCUT2D eigenvalue weighted by molar-refractivity contribution is 5.85. The lowest BCUT2D eigenvalue weighted by atomic mass is 10.2. The number of hydrogen-bond acceptors (Lipinski definition) is 5. The van der Waals surface area contributed by atoms with Crippen molar-refractivity contribution in [2.24, 2.45) is 5.73 Å². The number of esters is 1. The third-order valence-electron chi connectivity index (χ3n) is 1.77. The maximum Gasteiger partial charge on any atom is 0.331 e. The number of amides is 1. The first-order valence-electron chi connectivity index (χ1n) is 5.60. The molecule has 0 saturated carbocycles. The molecule has 6 nitrogen and oxygen atoms in total. The zero-order valence-corrected chi connectivity index (χ0v) is 10.9. The fourth-order valence-corrected chi connectivity index (χ4v) is 0.998. The van der Waals surface area contributed by atoms with Crippen LogP contribution in [0, 0.1) is 0 Å². The second-order valence-corrected chi connectivity index (χ2v) is 4.50. The Morgan fingerprint density at radius 2 is 1.94 bits per heavy atom. The molecule has 0 spiro atoms. The van der Waals surface area contributed by atoms with E-state index >= 15 is 0 Å². The van der Waals surface area contributed by atoms with E-state index in [4.69, 9.17) is 15.2 Å². The van der Waals surface area contributed by atoms with E-state index in [1.54, 1.807) is 6.92 Å². The van der Waals surface area contributed by atoms with Gasteiger partial charge in [-0.15, -0.1) is 0 Å². The molecular weight excluding hydrogens is 224 g/mol. The summed E-state index contributed by atoms with van der Waals surface area (Å²) in [6.45, 7) is 7.42. The predicted molar refractivity (Wildman–Crippen MR) is 63.3 cm³/mol. The highest BCUT2D eigenvalue weighted by Crippen LogP contribution is 2.07. The summed E-state index contributed by atoms with van der Waals surface area (Å²) in [7, 11) is 0. The molecule has 100 valence electrons. The Bertz CT molecular complexity index is 261. The smallest absolute Gasteiger partial charge is 0.331 e. The van der Waals surface area contributed by atoms with Crippen molar-refractivity contribution < 1.29 is 19.1 Å². The Balaban J connectivity index is 4.40. The van der Waals surface area contributed by atoms with E-state index in [-0.39, 0.29) is 19.8 Å². The summed E-state index contributed by atoms with van der Waals surface area (Å²) in [5, 5.41) is 2.46. The summed E-state index contributed by atoms with van der Waals surface area (Å²) < 4.78 is 10.3. The van der Waals surface area contributed by atoms with Crippen LogP contribution >= 0.6 is 0 Å². The first-order valence-corrected chi connectivity index (χ1v) is 5.60. The Kier molecular flexibility index (Phi) is 6.75. The average molecular weight is 246 g/mol. The van der Waals surface area contributed by atoms with E-state index in [0.717, 1.165) is 0 Å². The zero-order valence-electron chi connectivity index (χ0n) is 10.9. The van der Waals surface area contributed by atoms with Gasteiger partial charge in [0.05, 0.1) is 25.4 Å². The molecule has 0 rings (SSSR count).